The van der Waals surface area contributed by atoms with Gasteiger partial charge in [0.1, 0.15) is 6.04 Å². The van der Waals surface area contributed by atoms with Crippen LogP contribution in [0, 0.1) is 0 Å². The third-order valence-electron chi connectivity index (χ3n) is 5.34. The van der Waals surface area contributed by atoms with Crippen LogP contribution in [0.25, 0.3) is 0 Å². The molecule has 10 heteroatoms. The van der Waals surface area contributed by atoms with Crippen LogP contribution in [0.15, 0.2) is 24.3 Å². The summed E-state index contributed by atoms with van der Waals surface area (Å²) in [6.07, 6.45) is 3.39. The van der Waals surface area contributed by atoms with Gasteiger partial charge in [-0.25, -0.2) is 12.7 Å². The van der Waals surface area contributed by atoms with Gasteiger partial charge in [-0.15, -0.1) is 0 Å². The molecule has 1 fully saturated rings. The van der Waals surface area contributed by atoms with Crippen molar-refractivity contribution >= 4 is 27.7 Å². The summed E-state index contributed by atoms with van der Waals surface area (Å²) in [6, 6.07) is 6.45. The Balaban J connectivity index is 1.49. The number of sulfonamides is 1. The monoisotopic (exact) mass is 436 g/mol. The Morgan fingerprint density at radius 1 is 1.20 bits per heavy atom. The molecule has 0 bridgehead atoms. The number of benzene rings is 1. The van der Waals surface area contributed by atoms with Gasteiger partial charge >= 0.3 is 0 Å². The van der Waals surface area contributed by atoms with Gasteiger partial charge in [-0.2, -0.15) is 0 Å². The molecule has 9 nitrogen and oxygen atoms in total. The minimum absolute atomic E-state index is 0.0748. The van der Waals surface area contributed by atoms with Crippen molar-refractivity contribution in [1.29, 1.82) is 0 Å². The van der Waals surface area contributed by atoms with Gasteiger partial charge in [0.05, 0.1) is 12.8 Å². The van der Waals surface area contributed by atoms with E-state index >= 15 is 0 Å². The number of hydrogen-bond acceptors (Lipinski definition) is 5. The van der Waals surface area contributed by atoms with Crippen LogP contribution in [-0.2, 0) is 19.6 Å². The van der Waals surface area contributed by atoms with Crippen LogP contribution in [0.2, 0.25) is 0 Å². The maximum atomic E-state index is 12.8. The van der Waals surface area contributed by atoms with E-state index in [0.717, 1.165) is 19.1 Å². The third kappa shape index (κ3) is 4.99. The third-order valence-corrected chi connectivity index (χ3v) is 6.72. The lowest BCUT2D eigenvalue weighted by Crippen LogP contribution is -2.44. The fourth-order valence-corrected chi connectivity index (χ4v) is 4.63. The SMILES string of the molecule is CCN(CCCNC(=O)CNC(=O)C1c2ccccc2C(=O)N1C1CC1)S(C)(=O)=O. The zero-order valence-corrected chi connectivity index (χ0v) is 18.1. The van der Waals surface area contributed by atoms with Crippen molar-refractivity contribution in [2.75, 3.05) is 32.4 Å². The molecule has 1 saturated carbocycles. The Bertz CT molecular complexity index is 929. The summed E-state index contributed by atoms with van der Waals surface area (Å²) in [5.41, 5.74) is 1.22. The van der Waals surface area contributed by atoms with E-state index in [1.165, 1.54) is 4.31 Å². The van der Waals surface area contributed by atoms with Gasteiger partial charge < -0.3 is 15.5 Å². The fraction of sp³-hybridized carbons (Fsp3) is 0.550. The first-order valence-corrected chi connectivity index (χ1v) is 12.0. The lowest BCUT2D eigenvalue weighted by atomic mass is 10.0. The number of nitrogens with zero attached hydrogens (tertiary/aromatic N) is 2. The van der Waals surface area contributed by atoms with Crippen molar-refractivity contribution in [2.24, 2.45) is 0 Å². The Hall–Kier alpha value is -2.46. The van der Waals surface area contributed by atoms with Crippen LogP contribution in [0.1, 0.15) is 48.1 Å². The summed E-state index contributed by atoms with van der Waals surface area (Å²) in [4.78, 5) is 39.2. The van der Waals surface area contributed by atoms with Crippen molar-refractivity contribution in [3.63, 3.8) is 0 Å². The molecule has 1 aromatic rings. The molecule has 1 atom stereocenters. The van der Waals surface area contributed by atoms with Crippen LogP contribution in [0.4, 0.5) is 0 Å². The Morgan fingerprint density at radius 2 is 1.90 bits per heavy atom. The Kier molecular flexibility index (Phi) is 6.77. The van der Waals surface area contributed by atoms with Gasteiger partial charge in [0, 0.05) is 31.2 Å². The van der Waals surface area contributed by atoms with Gasteiger partial charge in [0.2, 0.25) is 21.8 Å². The normalized spacial score (nSPS) is 18.4. The lowest BCUT2D eigenvalue weighted by molar-refractivity contribution is -0.129. The number of carbonyl (C=O) groups excluding carboxylic acids is 3. The number of carbonyl (C=O) groups is 3. The molecule has 1 unspecified atom stereocenters. The standard InChI is InChI=1S/C20H28N4O5S/c1-3-23(30(2,28)29)12-6-11-21-17(25)13-22-19(26)18-15-7-4-5-8-16(15)20(27)24(18)14-9-10-14/h4-5,7-8,14,18H,3,6,9-13H2,1-2H3,(H,21,25)(H,22,26). The highest BCUT2D eigenvalue weighted by Crippen LogP contribution is 2.41. The molecule has 2 aliphatic rings. The smallest absolute Gasteiger partial charge is 0.255 e. The van der Waals surface area contributed by atoms with E-state index in [1.807, 2.05) is 0 Å². The molecule has 3 rings (SSSR count). The quantitative estimate of drug-likeness (QED) is 0.510. The number of amides is 3. The van der Waals surface area contributed by atoms with Crippen LogP contribution in [-0.4, -0.2) is 73.8 Å². The van der Waals surface area contributed by atoms with E-state index in [0.29, 0.717) is 37.2 Å². The molecule has 2 N–H and O–H groups in total. The second-order valence-corrected chi connectivity index (χ2v) is 9.59. The number of nitrogens with one attached hydrogen (secondary N) is 2. The molecule has 1 heterocycles. The summed E-state index contributed by atoms with van der Waals surface area (Å²) < 4.78 is 24.4. The van der Waals surface area contributed by atoms with Crippen molar-refractivity contribution in [3.8, 4) is 0 Å². The van der Waals surface area contributed by atoms with Gasteiger partial charge in [0.25, 0.3) is 5.91 Å². The highest BCUT2D eigenvalue weighted by atomic mass is 32.2. The molecular weight excluding hydrogens is 408 g/mol. The summed E-state index contributed by atoms with van der Waals surface area (Å²) in [7, 11) is -3.25. The highest BCUT2D eigenvalue weighted by Gasteiger charge is 2.47. The summed E-state index contributed by atoms with van der Waals surface area (Å²) >= 11 is 0. The second kappa shape index (κ2) is 9.13. The van der Waals surface area contributed by atoms with Crippen LogP contribution < -0.4 is 10.6 Å². The van der Waals surface area contributed by atoms with E-state index in [4.69, 9.17) is 0 Å². The topological polar surface area (TPSA) is 116 Å². The van der Waals surface area contributed by atoms with Crippen LogP contribution >= 0.6 is 0 Å². The Labute approximate surface area is 176 Å². The minimum Gasteiger partial charge on any atom is -0.355 e. The summed E-state index contributed by atoms with van der Waals surface area (Å²) in [6.45, 7) is 2.56. The van der Waals surface area contributed by atoms with Crippen LogP contribution in [0.5, 0.6) is 0 Å². The summed E-state index contributed by atoms with van der Waals surface area (Å²) in [5, 5.41) is 5.31. The molecule has 0 aromatic heterocycles. The Morgan fingerprint density at radius 3 is 2.53 bits per heavy atom. The minimum atomic E-state index is -3.25. The van der Waals surface area contributed by atoms with Crippen LogP contribution in [0.3, 0.4) is 0 Å². The predicted molar refractivity (Wildman–Crippen MR) is 111 cm³/mol. The van der Waals surface area contributed by atoms with Gasteiger partial charge in [-0.05, 0) is 30.9 Å². The highest BCUT2D eigenvalue weighted by molar-refractivity contribution is 7.88. The first kappa shape index (κ1) is 22.2. The van der Waals surface area contributed by atoms with E-state index in [2.05, 4.69) is 10.6 Å². The maximum absolute atomic E-state index is 12.8. The van der Waals surface area contributed by atoms with E-state index in [9.17, 15) is 22.8 Å². The lowest BCUT2D eigenvalue weighted by Gasteiger charge is -2.24. The number of rotatable bonds is 10. The van der Waals surface area contributed by atoms with Crippen molar-refractivity contribution in [2.45, 2.75) is 38.3 Å². The zero-order chi connectivity index (χ0) is 21.9. The van der Waals surface area contributed by atoms with Gasteiger partial charge in [-0.1, -0.05) is 25.1 Å². The average Bonchev–Trinajstić information content (AvgIpc) is 3.49. The predicted octanol–water partition coefficient (Wildman–Crippen LogP) is 0.250. The van der Waals surface area contributed by atoms with E-state index < -0.39 is 16.1 Å². The molecule has 1 aliphatic heterocycles. The van der Waals surface area contributed by atoms with Gasteiger partial charge in [-0.3, -0.25) is 14.4 Å². The molecule has 0 radical (unpaired) electrons. The zero-order valence-electron chi connectivity index (χ0n) is 17.3. The second-order valence-electron chi connectivity index (χ2n) is 7.61. The van der Waals surface area contributed by atoms with Crippen molar-refractivity contribution < 1.29 is 22.8 Å². The maximum Gasteiger partial charge on any atom is 0.255 e. The van der Waals surface area contributed by atoms with Crippen molar-refractivity contribution in [1.82, 2.24) is 19.8 Å². The first-order valence-electron chi connectivity index (χ1n) is 10.1. The molecule has 1 aliphatic carbocycles. The molecule has 164 valence electrons. The van der Waals surface area contributed by atoms with E-state index in [1.54, 1.807) is 36.1 Å². The summed E-state index contributed by atoms with van der Waals surface area (Å²) in [5.74, 6) is -0.866. The van der Waals surface area contributed by atoms with Gasteiger partial charge in [0.15, 0.2) is 0 Å². The number of hydrogen-bond donors (Lipinski definition) is 2. The molecule has 0 spiro atoms. The number of fused-ring (bicyclic) bond motifs is 1. The molecule has 3 amide bonds. The average molecular weight is 437 g/mol. The molecule has 1 aromatic carbocycles. The fourth-order valence-electron chi connectivity index (χ4n) is 3.70. The first-order chi connectivity index (χ1) is 14.2. The molecule has 0 saturated heterocycles. The van der Waals surface area contributed by atoms with E-state index in [-0.39, 0.29) is 30.3 Å². The largest absolute Gasteiger partial charge is 0.355 e. The molecule has 30 heavy (non-hydrogen) atoms. The molecular formula is C20H28N4O5S. The van der Waals surface area contributed by atoms with Crippen molar-refractivity contribution in [3.05, 3.63) is 35.4 Å².